The van der Waals surface area contributed by atoms with Gasteiger partial charge in [0.1, 0.15) is 0 Å². The SMILES string of the molecule is C[Si](C)(C)/C(=C\[CH2][Sn]([CH3])([CH3])[CH3])CC(=O)c1ccccc1. The Hall–Kier alpha value is -0.354. The second-order valence-electron chi connectivity index (χ2n) is 7.71. The van der Waals surface area contributed by atoms with Gasteiger partial charge in [-0.25, -0.2) is 0 Å². The zero-order valence-corrected chi connectivity index (χ0v) is 17.6. The number of ketones is 1. The van der Waals surface area contributed by atoms with Crippen molar-refractivity contribution in [2.75, 3.05) is 0 Å². The Bertz CT molecular complexity index is 478. The van der Waals surface area contributed by atoms with Gasteiger partial charge in [-0.15, -0.1) is 0 Å². The van der Waals surface area contributed by atoms with Gasteiger partial charge in [0, 0.05) is 0 Å². The van der Waals surface area contributed by atoms with E-state index < -0.39 is 26.5 Å². The number of hydrogen-bond donors (Lipinski definition) is 0. The number of benzene rings is 1. The van der Waals surface area contributed by atoms with Crippen molar-refractivity contribution in [3.8, 4) is 0 Å². The van der Waals surface area contributed by atoms with E-state index in [1.807, 2.05) is 30.3 Å². The first-order chi connectivity index (χ1) is 9.09. The molecule has 0 unspecified atom stereocenters. The van der Waals surface area contributed by atoms with Crippen LogP contribution in [0.2, 0.25) is 38.9 Å². The Labute approximate surface area is 129 Å². The van der Waals surface area contributed by atoms with Crippen LogP contribution >= 0.6 is 0 Å². The van der Waals surface area contributed by atoms with E-state index in [0.717, 1.165) is 5.56 Å². The summed E-state index contributed by atoms with van der Waals surface area (Å²) < 4.78 is 1.25. The van der Waals surface area contributed by atoms with Gasteiger partial charge in [0.15, 0.2) is 0 Å². The van der Waals surface area contributed by atoms with Crippen LogP contribution in [-0.2, 0) is 0 Å². The molecule has 0 amide bonds. The summed E-state index contributed by atoms with van der Waals surface area (Å²) in [6.07, 6.45) is 3.03. The molecule has 3 heteroatoms. The van der Waals surface area contributed by atoms with E-state index in [0.29, 0.717) is 6.42 Å². The van der Waals surface area contributed by atoms with Gasteiger partial charge >= 0.3 is 130 Å². The van der Waals surface area contributed by atoms with Gasteiger partial charge in [-0.1, -0.05) is 0 Å². The number of allylic oxidation sites excluding steroid dienone is 2. The first-order valence-electron chi connectivity index (χ1n) is 7.37. The third kappa shape index (κ3) is 6.40. The van der Waals surface area contributed by atoms with Gasteiger partial charge in [-0.3, -0.25) is 0 Å². The summed E-state index contributed by atoms with van der Waals surface area (Å²) in [6.45, 7) is 7.03. The summed E-state index contributed by atoms with van der Waals surface area (Å²) in [5, 5.41) is 1.43. The normalized spacial score (nSPS) is 13.4. The van der Waals surface area contributed by atoms with Gasteiger partial charge in [-0.2, -0.15) is 0 Å². The zero-order chi connectivity index (χ0) is 15.4. The maximum absolute atomic E-state index is 12.4. The fourth-order valence-corrected chi connectivity index (χ4v) is 6.41. The molecule has 0 atom stereocenters. The first kappa shape index (κ1) is 17.7. The minimum atomic E-state index is -1.80. The van der Waals surface area contributed by atoms with E-state index in [9.17, 15) is 4.79 Å². The van der Waals surface area contributed by atoms with Crippen molar-refractivity contribution >= 4 is 32.2 Å². The van der Waals surface area contributed by atoms with E-state index in [1.165, 1.54) is 9.63 Å². The Morgan fingerprint density at radius 3 is 2.10 bits per heavy atom. The molecule has 0 aliphatic rings. The summed E-state index contributed by atoms with van der Waals surface area (Å²) >= 11 is -1.80. The number of carbonyl (C=O) groups is 1. The molecule has 0 saturated heterocycles. The molecule has 1 aromatic rings. The van der Waals surface area contributed by atoms with Gasteiger partial charge < -0.3 is 0 Å². The third-order valence-corrected chi connectivity index (χ3v) is 9.76. The van der Waals surface area contributed by atoms with Crippen molar-refractivity contribution in [1.82, 2.24) is 0 Å². The predicted molar refractivity (Wildman–Crippen MR) is 95.0 cm³/mol. The second kappa shape index (κ2) is 7.08. The van der Waals surface area contributed by atoms with Crippen LogP contribution in [0.25, 0.3) is 0 Å². The van der Waals surface area contributed by atoms with Gasteiger partial charge in [-0.05, 0) is 0 Å². The van der Waals surface area contributed by atoms with Crippen LogP contribution < -0.4 is 0 Å². The number of carbonyl (C=O) groups excluding carboxylic acids is 1. The maximum atomic E-state index is 12.4. The summed E-state index contributed by atoms with van der Waals surface area (Å²) in [6, 6.07) is 9.69. The van der Waals surface area contributed by atoms with E-state index >= 15 is 0 Å². The number of Topliss-reactive ketones (excluding diaryl/α,β-unsaturated/α-hetero) is 1. The average molecular weight is 395 g/mol. The van der Waals surface area contributed by atoms with Crippen LogP contribution in [-0.4, -0.2) is 32.2 Å². The van der Waals surface area contributed by atoms with Crippen LogP contribution in [0.4, 0.5) is 0 Å². The van der Waals surface area contributed by atoms with Crippen LogP contribution in [0.1, 0.15) is 16.8 Å². The number of hydrogen-bond acceptors (Lipinski definition) is 1. The first-order valence-corrected chi connectivity index (χ1v) is 21.5. The molecule has 0 spiro atoms. The van der Waals surface area contributed by atoms with E-state index in [1.54, 1.807) is 0 Å². The molecule has 0 N–H and O–H groups in total. The summed E-state index contributed by atoms with van der Waals surface area (Å²) in [5.74, 6) is 0.267. The van der Waals surface area contributed by atoms with Crippen LogP contribution in [0, 0.1) is 0 Å². The molecule has 20 heavy (non-hydrogen) atoms. The molecule has 1 rings (SSSR count). The van der Waals surface area contributed by atoms with Crippen molar-refractivity contribution in [1.29, 1.82) is 0 Å². The van der Waals surface area contributed by atoms with Crippen LogP contribution in [0.5, 0.6) is 0 Å². The Balaban J connectivity index is 2.89. The van der Waals surface area contributed by atoms with Gasteiger partial charge in [0.25, 0.3) is 0 Å². The quantitative estimate of drug-likeness (QED) is 0.466. The topological polar surface area (TPSA) is 17.1 Å². The second-order valence-corrected chi connectivity index (χ2v) is 28.6. The summed E-state index contributed by atoms with van der Waals surface area (Å²) in [4.78, 5) is 19.8. The molecule has 0 bridgehead atoms. The van der Waals surface area contributed by atoms with Crippen molar-refractivity contribution in [2.45, 2.75) is 45.3 Å². The number of rotatable bonds is 6. The zero-order valence-electron chi connectivity index (χ0n) is 13.8. The Kier molecular flexibility index (Phi) is 6.26. The van der Waals surface area contributed by atoms with Gasteiger partial charge in [0.05, 0.1) is 0 Å². The van der Waals surface area contributed by atoms with Crippen LogP contribution in [0.15, 0.2) is 41.6 Å². The fraction of sp³-hybridized carbons (Fsp3) is 0.471. The van der Waals surface area contributed by atoms with Crippen molar-refractivity contribution in [3.05, 3.63) is 47.2 Å². The standard InChI is InChI=1S/C14H19OSi.3CH3.Sn/c1-5-13(16(2,3)4)11-14(15)12-9-7-6-8-10-12;;;;/h5-10H,1,11H2,2-4H3;3*1H3;/b13-5-;;;;. The molecule has 0 fully saturated rings. The Morgan fingerprint density at radius 1 is 1.10 bits per heavy atom. The van der Waals surface area contributed by atoms with Crippen molar-refractivity contribution < 1.29 is 4.79 Å². The monoisotopic (exact) mass is 396 g/mol. The molecule has 0 aliphatic heterocycles. The molecular weight excluding hydrogens is 367 g/mol. The Morgan fingerprint density at radius 2 is 1.65 bits per heavy atom. The van der Waals surface area contributed by atoms with E-state index in [2.05, 4.69) is 40.5 Å². The molecule has 1 nitrogen and oxygen atoms in total. The molecule has 1 aromatic carbocycles. The minimum absolute atomic E-state index is 0.267. The molecule has 0 radical (unpaired) electrons. The third-order valence-electron chi connectivity index (χ3n) is 3.37. The molecule has 0 heterocycles. The molecule has 0 aliphatic carbocycles. The van der Waals surface area contributed by atoms with Gasteiger partial charge in [0.2, 0.25) is 0 Å². The average Bonchev–Trinajstić information content (AvgIpc) is 2.32. The molecule has 0 saturated carbocycles. The van der Waals surface area contributed by atoms with Crippen molar-refractivity contribution in [2.24, 2.45) is 0 Å². The molecular formula is C17H28OSiSn. The van der Waals surface area contributed by atoms with E-state index in [-0.39, 0.29) is 5.78 Å². The predicted octanol–water partition coefficient (Wildman–Crippen LogP) is 5.40. The summed E-state index contributed by atoms with van der Waals surface area (Å²) in [7, 11) is -1.41. The fourth-order valence-electron chi connectivity index (χ4n) is 1.97. The van der Waals surface area contributed by atoms with Crippen LogP contribution in [0.3, 0.4) is 0 Å². The van der Waals surface area contributed by atoms with Crippen molar-refractivity contribution in [3.63, 3.8) is 0 Å². The summed E-state index contributed by atoms with van der Waals surface area (Å²) in [5.41, 5.74) is 0.843. The molecule has 0 aromatic heterocycles. The van der Waals surface area contributed by atoms with E-state index in [4.69, 9.17) is 0 Å². The molecule has 110 valence electrons.